The molecule has 1 aliphatic heterocycles. The van der Waals surface area contributed by atoms with E-state index >= 15 is 0 Å². The lowest BCUT2D eigenvalue weighted by atomic mass is 10.1. The highest BCUT2D eigenvalue weighted by molar-refractivity contribution is 5.99. The zero-order valence-corrected chi connectivity index (χ0v) is 12.8. The molecular formula is C14H19N3O5. The second-order valence-electron chi connectivity index (χ2n) is 5.09. The fourth-order valence-electron chi connectivity index (χ4n) is 2.48. The maximum absolute atomic E-state index is 12.6. The summed E-state index contributed by atoms with van der Waals surface area (Å²) in [5.41, 5.74) is -0.273. The molecule has 120 valence electrons. The van der Waals surface area contributed by atoms with Gasteiger partial charge in [-0.15, -0.1) is 0 Å². The first-order chi connectivity index (χ1) is 10.5. The summed E-state index contributed by atoms with van der Waals surface area (Å²) in [5, 5.41) is 14.5. The van der Waals surface area contributed by atoms with Crippen molar-refractivity contribution in [3.63, 3.8) is 0 Å². The largest absolute Gasteiger partial charge is 0.493 e. The summed E-state index contributed by atoms with van der Waals surface area (Å²) in [6.07, 6.45) is 0. The highest BCUT2D eigenvalue weighted by Gasteiger charge is 2.29. The van der Waals surface area contributed by atoms with Crippen LogP contribution in [0, 0.1) is 10.1 Å². The van der Waals surface area contributed by atoms with Gasteiger partial charge in [0.1, 0.15) is 5.56 Å². The Morgan fingerprint density at radius 3 is 2.55 bits per heavy atom. The molecule has 1 amide bonds. The van der Waals surface area contributed by atoms with Crippen molar-refractivity contribution in [1.29, 1.82) is 0 Å². The van der Waals surface area contributed by atoms with E-state index < -0.39 is 4.92 Å². The normalized spacial score (nSPS) is 18.0. The Bertz CT molecular complexity index is 590. The Kier molecular flexibility index (Phi) is 4.81. The number of rotatable bonds is 4. The number of nitro benzene ring substituents is 1. The van der Waals surface area contributed by atoms with Crippen molar-refractivity contribution in [1.82, 2.24) is 10.2 Å². The SMILES string of the molecule is COc1cc(C(=O)N2CCNC(C)C2)c([N+](=O)[O-])cc1OC. The third kappa shape index (κ3) is 3.11. The Balaban J connectivity index is 2.43. The van der Waals surface area contributed by atoms with Crippen molar-refractivity contribution in [2.75, 3.05) is 33.9 Å². The number of amides is 1. The number of methoxy groups -OCH3 is 2. The van der Waals surface area contributed by atoms with Crippen LogP contribution in [-0.4, -0.2) is 55.6 Å². The summed E-state index contributed by atoms with van der Waals surface area (Å²) in [4.78, 5) is 24.9. The first kappa shape index (κ1) is 16.0. The third-order valence-corrected chi connectivity index (χ3v) is 3.58. The molecule has 1 atom stereocenters. The Morgan fingerprint density at radius 1 is 1.36 bits per heavy atom. The number of carbonyl (C=O) groups is 1. The molecule has 1 aromatic carbocycles. The van der Waals surface area contributed by atoms with Gasteiger partial charge >= 0.3 is 0 Å². The zero-order chi connectivity index (χ0) is 16.3. The number of hydrogen-bond donors (Lipinski definition) is 1. The van der Waals surface area contributed by atoms with Gasteiger partial charge in [-0.25, -0.2) is 0 Å². The number of ether oxygens (including phenoxy) is 2. The van der Waals surface area contributed by atoms with Gasteiger partial charge < -0.3 is 19.7 Å². The average molecular weight is 309 g/mol. The number of nitro groups is 1. The minimum Gasteiger partial charge on any atom is -0.493 e. The number of nitrogens with zero attached hydrogens (tertiary/aromatic N) is 2. The highest BCUT2D eigenvalue weighted by Crippen LogP contribution is 2.35. The number of piperazine rings is 1. The summed E-state index contributed by atoms with van der Waals surface area (Å²) in [7, 11) is 2.81. The molecule has 1 fully saturated rings. The first-order valence-electron chi connectivity index (χ1n) is 6.91. The fraction of sp³-hybridized carbons (Fsp3) is 0.500. The van der Waals surface area contributed by atoms with Crippen LogP contribution in [0.4, 0.5) is 5.69 Å². The number of benzene rings is 1. The maximum atomic E-state index is 12.6. The van der Waals surface area contributed by atoms with E-state index in [2.05, 4.69) is 5.32 Å². The molecular weight excluding hydrogens is 290 g/mol. The van der Waals surface area contributed by atoms with Crippen molar-refractivity contribution >= 4 is 11.6 Å². The molecule has 22 heavy (non-hydrogen) atoms. The van der Waals surface area contributed by atoms with Crippen LogP contribution < -0.4 is 14.8 Å². The minimum absolute atomic E-state index is 0.0109. The minimum atomic E-state index is -0.583. The monoisotopic (exact) mass is 309 g/mol. The van der Waals surface area contributed by atoms with E-state index in [4.69, 9.17) is 9.47 Å². The molecule has 2 rings (SSSR count). The summed E-state index contributed by atoms with van der Waals surface area (Å²) in [5.74, 6) is 0.139. The van der Waals surface area contributed by atoms with Gasteiger partial charge in [-0.3, -0.25) is 14.9 Å². The van der Waals surface area contributed by atoms with Crippen LogP contribution >= 0.6 is 0 Å². The van der Waals surface area contributed by atoms with Crippen molar-refractivity contribution < 1.29 is 19.2 Å². The molecule has 1 aliphatic rings. The topological polar surface area (TPSA) is 93.9 Å². The van der Waals surface area contributed by atoms with E-state index in [1.165, 1.54) is 26.4 Å². The van der Waals surface area contributed by atoms with Crippen LogP contribution in [0.5, 0.6) is 11.5 Å². The molecule has 0 aromatic heterocycles. The van der Waals surface area contributed by atoms with Gasteiger partial charge in [0.15, 0.2) is 11.5 Å². The summed E-state index contributed by atoms with van der Waals surface area (Å²) in [6, 6.07) is 2.74. The van der Waals surface area contributed by atoms with Crippen molar-refractivity contribution in [2.45, 2.75) is 13.0 Å². The van der Waals surface area contributed by atoms with Gasteiger partial charge in [0.25, 0.3) is 11.6 Å². The Hall–Kier alpha value is -2.35. The van der Waals surface area contributed by atoms with E-state index in [-0.39, 0.29) is 28.9 Å². The predicted molar refractivity (Wildman–Crippen MR) is 79.6 cm³/mol. The summed E-state index contributed by atoms with van der Waals surface area (Å²) < 4.78 is 10.2. The average Bonchev–Trinajstić information content (AvgIpc) is 2.52. The number of carbonyl (C=O) groups excluding carboxylic acids is 1. The van der Waals surface area contributed by atoms with Crippen molar-refractivity contribution in [3.05, 3.63) is 27.8 Å². The van der Waals surface area contributed by atoms with E-state index in [1.54, 1.807) is 4.90 Å². The van der Waals surface area contributed by atoms with E-state index in [1.807, 2.05) is 6.92 Å². The van der Waals surface area contributed by atoms with Crippen LogP contribution in [0.15, 0.2) is 12.1 Å². The maximum Gasteiger partial charge on any atom is 0.286 e. The van der Waals surface area contributed by atoms with E-state index in [0.29, 0.717) is 25.4 Å². The lowest BCUT2D eigenvalue weighted by Crippen LogP contribution is -2.51. The Labute approximate surface area is 128 Å². The van der Waals surface area contributed by atoms with Crippen LogP contribution in [-0.2, 0) is 0 Å². The first-order valence-corrected chi connectivity index (χ1v) is 6.91. The molecule has 0 aliphatic carbocycles. The Morgan fingerprint density at radius 2 is 2.00 bits per heavy atom. The molecule has 8 nitrogen and oxygen atoms in total. The molecule has 1 saturated heterocycles. The predicted octanol–water partition coefficient (Wildman–Crippen LogP) is 1.05. The lowest BCUT2D eigenvalue weighted by Gasteiger charge is -2.31. The second-order valence-corrected chi connectivity index (χ2v) is 5.09. The van der Waals surface area contributed by atoms with Gasteiger partial charge in [-0.05, 0) is 6.92 Å². The smallest absolute Gasteiger partial charge is 0.286 e. The lowest BCUT2D eigenvalue weighted by molar-refractivity contribution is -0.385. The zero-order valence-electron chi connectivity index (χ0n) is 12.8. The molecule has 1 heterocycles. The second kappa shape index (κ2) is 6.61. The van der Waals surface area contributed by atoms with Crippen molar-refractivity contribution in [3.8, 4) is 11.5 Å². The van der Waals surface area contributed by atoms with Gasteiger partial charge in [-0.2, -0.15) is 0 Å². The van der Waals surface area contributed by atoms with Crippen LogP contribution in [0.1, 0.15) is 17.3 Å². The third-order valence-electron chi connectivity index (χ3n) is 3.58. The molecule has 1 aromatic rings. The summed E-state index contributed by atoms with van der Waals surface area (Å²) in [6.45, 7) is 3.63. The van der Waals surface area contributed by atoms with E-state index in [9.17, 15) is 14.9 Å². The molecule has 0 bridgehead atoms. The van der Waals surface area contributed by atoms with Crippen LogP contribution in [0.2, 0.25) is 0 Å². The van der Waals surface area contributed by atoms with Gasteiger partial charge in [0.05, 0.1) is 25.2 Å². The molecule has 1 unspecified atom stereocenters. The number of hydrogen-bond acceptors (Lipinski definition) is 6. The fourth-order valence-corrected chi connectivity index (χ4v) is 2.48. The molecule has 0 spiro atoms. The molecule has 0 saturated carbocycles. The van der Waals surface area contributed by atoms with Crippen molar-refractivity contribution in [2.24, 2.45) is 0 Å². The molecule has 8 heteroatoms. The van der Waals surface area contributed by atoms with Crippen LogP contribution in [0.3, 0.4) is 0 Å². The van der Waals surface area contributed by atoms with Gasteiger partial charge in [-0.1, -0.05) is 0 Å². The molecule has 1 N–H and O–H groups in total. The molecule has 0 radical (unpaired) electrons. The van der Waals surface area contributed by atoms with Gasteiger partial charge in [0, 0.05) is 31.7 Å². The van der Waals surface area contributed by atoms with Gasteiger partial charge in [0.2, 0.25) is 0 Å². The quantitative estimate of drug-likeness (QED) is 0.660. The number of nitrogens with one attached hydrogen (secondary N) is 1. The highest BCUT2D eigenvalue weighted by atomic mass is 16.6. The standard InChI is InChI=1S/C14H19N3O5/c1-9-8-16(5-4-15-9)14(18)10-6-12(21-2)13(22-3)7-11(10)17(19)20/h6-7,9,15H,4-5,8H2,1-3H3. The van der Waals surface area contributed by atoms with Crippen LogP contribution in [0.25, 0.3) is 0 Å². The van der Waals surface area contributed by atoms with E-state index in [0.717, 1.165) is 0 Å². The summed E-state index contributed by atoms with van der Waals surface area (Å²) >= 11 is 0.